The van der Waals surface area contributed by atoms with Crippen LogP contribution in [0.4, 0.5) is 23.7 Å². The van der Waals surface area contributed by atoms with Crippen LogP contribution in [-0.4, -0.2) is 64.8 Å². The van der Waals surface area contributed by atoms with Gasteiger partial charge >= 0.3 is 18.2 Å². The highest BCUT2D eigenvalue weighted by Crippen LogP contribution is 2.28. The second kappa shape index (κ2) is 15.1. The summed E-state index contributed by atoms with van der Waals surface area (Å²) >= 11 is 0. The van der Waals surface area contributed by atoms with E-state index in [1.54, 1.807) is 38.1 Å². The number of anilines is 1. The fraction of sp³-hybridized carbons (Fsp3) is 0.276. The molecule has 0 saturated heterocycles. The number of nitrogens with two attached hydrogens (primary N) is 1. The number of carboxylic acids is 1. The zero-order chi connectivity index (χ0) is 32.3. The Bertz CT molecular complexity index is 1480. The summed E-state index contributed by atoms with van der Waals surface area (Å²) in [7, 11) is 1.51. The van der Waals surface area contributed by atoms with Crippen molar-refractivity contribution < 1.29 is 42.6 Å². The van der Waals surface area contributed by atoms with Crippen LogP contribution in [0.25, 0.3) is 11.1 Å². The van der Waals surface area contributed by atoms with Gasteiger partial charge in [-0.3, -0.25) is 9.69 Å². The first-order valence-corrected chi connectivity index (χ1v) is 12.7. The summed E-state index contributed by atoms with van der Waals surface area (Å²) in [4.78, 5) is 36.0. The third kappa shape index (κ3) is 9.09. The van der Waals surface area contributed by atoms with Gasteiger partial charge in [-0.1, -0.05) is 41.6 Å². The molecule has 0 spiro atoms. The van der Waals surface area contributed by atoms with Crippen molar-refractivity contribution >= 4 is 29.4 Å². The molecule has 5 N–H and O–H groups in total. The van der Waals surface area contributed by atoms with Crippen molar-refractivity contribution in [3.8, 4) is 17.2 Å². The summed E-state index contributed by atoms with van der Waals surface area (Å²) in [5.41, 5.74) is 11.0. The number of alkyl halides is 3. The number of hydrogen-bond acceptors (Lipinski definition) is 8. The lowest BCUT2D eigenvalue weighted by atomic mass is 9.90. The number of ether oxygens (including phenoxy) is 1. The predicted molar refractivity (Wildman–Crippen MR) is 151 cm³/mol. The number of carbonyl (C=O) groups excluding carboxylic acids is 2. The zero-order valence-corrected chi connectivity index (χ0v) is 23.5. The first-order valence-electron chi connectivity index (χ1n) is 12.7. The molecule has 2 amide bonds. The Morgan fingerprint density at radius 2 is 1.79 bits per heavy atom. The molecule has 0 saturated carbocycles. The first kappa shape index (κ1) is 33.9. The van der Waals surface area contributed by atoms with Crippen LogP contribution in [0.5, 0.6) is 0 Å². The number of carboxylic acid groups (broad SMARTS) is 1. The smallest absolute Gasteiger partial charge is 0.475 e. The molecule has 1 aliphatic carbocycles. The van der Waals surface area contributed by atoms with E-state index < -0.39 is 30.2 Å². The molecule has 43 heavy (non-hydrogen) atoms. The fourth-order valence-corrected chi connectivity index (χ4v) is 3.96. The third-order valence-corrected chi connectivity index (χ3v) is 6.35. The molecular weight excluding hydrogens is 571 g/mol. The highest BCUT2D eigenvalue weighted by atomic mass is 19.4. The molecule has 2 aromatic carbocycles. The Morgan fingerprint density at radius 1 is 1.19 bits per heavy atom. The molecule has 0 unspecified atom stereocenters. The molecule has 0 bridgehead atoms. The van der Waals surface area contributed by atoms with Crippen LogP contribution in [0.3, 0.4) is 0 Å². The number of likely N-dealkylation sites (N-methyl/N-ethyl adjacent to an activating group) is 1. The van der Waals surface area contributed by atoms with E-state index in [0.717, 1.165) is 16.7 Å². The fourth-order valence-electron chi connectivity index (χ4n) is 3.96. The second-order valence-electron chi connectivity index (χ2n) is 9.08. The lowest BCUT2D eigenvalue weighted by Crippen LogP contribution is -2.45. The predicted octanol–water partition coefficient (Wildman–Crippen LogP) is 5.04. The summed E-state index contributed by atoms with van der Waals surface area (Å²) < 4.78 is 36.9. The van der Waals surface area contributed by atoms with Gasteiger partial charge in [-0.05, 0) is 54.3 Å². The molecule has 14 heteroatoms. The minimum atomic E-state index is -5.08. The van der Waals surface area contributed by atoms with E-state index in [1.807, 2.05) is 30.3 Å². The number of oxime groups is 1. The van der Waals surface area contributed by atoms with Crippen molar-refractivity contribution in [2.45, 2.75) is 38.9 Å². The number of allylic oxidation sites excluding steroid dienone is 3. The highest BCUT2D eigenvalue weighted by Gasteiger charge is 2.38. The number of nitrogens with zero attached hydrogens (tertiary/aromatic N) is 3. The highest BCUT2D eigenvalue weighted by molar-refractivity contribution is 6.02. The average molecular weight is 602 g/mol. The number of halogens is 3. The van der Waals surface area contributed by atoms with Crippen molar-refractivity contribution in [2.24, 2.45) is 10.9 Å². The van der Waals surface area contributed by atoms with E-state index in [4.69, 9.17) is 25.6 Å². The molecule has 0 aliphatic heterocycles. The number of nitrogens with one attached hydrogen (secondary N) is 1. The monoisotopic (exact) mass is 601 g/mol. The molecule has 1 aliphatic rings. The number of amides is 2. The number of benzene rings is 2. The quantitative estimate of drug-likeness (QED) is 0.252. The normalized spacial score (nSPS) is 14.4. The largest absolute Gasteiger partial charge is 0.490 e. The van der Waals surface area contributed by atoms with E-state index in [2.05, 4.69) is 16.5 Å². The number of rotatable bonds is 7. The molecule has 0 fully saturated rings. The lowest BCUT2D eigenvalue weighted by Gasteiger charge is -2.29. The van der Waals surface area contributed by atoms with Gasteiger partial charge < -0.3 is 26.1 Å². The van der Waals surface area contributed by atoms with Crippen LogP contribution < -0.4 is 11.1 Å². The summed E-state index contributed by atoms with van der Waals surface area (Å²) in [6.07, 6.45) is -3.36. The Balaban J connectivity index is 0.000000821. The SMILES string of the molecule is CCOC(=O)N(C)[C@@H](CC1=CCC(=NO)C(N)=C1C)C(=O)Nc1ccc(-c2ccccc2C#N)cc1.O=C(O)C(F)(F)F. The van der Waals surface area contributed by atoms with Gasteiger partial charge in [-0.15, -0.1) is 0 Å². The van der Waals surface area contributed by atoms with Gasteiger partial charge in [0.1, 0.15) is 11.8 Å². The van der Waals surface area contributed by atoms with E-state index >= 15 is 0 Å². The van der Waals surface area contributed by atoms with Crippen LogP contribution in [0.1, 0.15) is 32.3 Å². The molecule has 1 atom stereocenters. The van der Waals surface area contributed by atoms with Crippen molar-refractivity contribution in [3.63, 3.8) is 0 Å². The minimum Gasteiger partial charge on any atom is -0.475 e. The first-order chi connectivity index (χ1) is 20.2. The van der Waals surface area contributed by atoms with Crippen LogP contribution in [0.15, 0.2) is 76.6 Å². The van der Waals surface area contributed by atoms with Gasteiger partial charge in [0.2, 0.25) is 5.91 Å². The summed E-state index contributed by atoms with van der Waals surface area (Å²) in [6, 6.07) is 15.7. The van der Waals surface area contributed by atoms with Gasteiger partial charge in [-0.2, -0.15) is 18.4 Å². The summed E-state index contributed by atoms with van der Waals surface area (Å²) in [5.74, 6) is -3.16. The minimum absolute atomic E-state index is 0.175. The van der Waals surface area contributed by atoms with E-state index in [-0.39, 0.29) is 13.0 Å². The Morgan fingerprint density at radius 3 is 2.33 bits per heavy atom. The van der Waals surface area contributed by atoms with Crippen LogP contribution in [0.2, 0.25) is 0 Å². The van der Waals surface area contributed by atoms with Gasteiger partial charge in [0.25, 0.3) is 0 Å². The molecule has 2 aromatic rings. The zero-order valence-electron chi connectivity index (χ0n) is 23.5. The van der Waals surface area contributed by atoms with Crippen molar-refractivity contribution in [1.82, 2.24) is 4.90 Å². The molecule has 3 rings (SSSR count). The third-order valence-electron chi connectivity index (χ3n) is 6.35. The maximum Gasteiger partial charge on any atom is 0.490 e. The molecule has 228 valence electrons. The Kier molecular flexibility index (Phi) is 11.9. The van der Waals surface area contributed by atoms with Crippen molar-refractivity contribution in [1.29, 1.82) is 5.26 Å². The van der Waals surface area contributed by atoms with Crippen LogP contribution in [-0.2, 0) is 14.3 Å². The topological polar surface area (TPSA) is 178 Å². The number of nitriles is 1. The molecule has 0 heterocycles. The van der Waals surface area contributed by atoms with Gasteiger partial charge in [0.05, 0.1) is 23.9 Å². The van der Waals surface area contributed by atoms with E-state index in [1.165, 1.54) is 11.9 Å². The maximum absolute atomic E-state index is 13.4. The maximum atomic E-state index is 13.4. The van der Waals surface area contributed by atoms with Gasteiger partial charge in [0, 0.05) is 25.6 Å². The second-order valence-corrected chi connectivity index (χ2v) is 9.08. The Hall–Kier alpha value is -5.32. The summed E-state index contributed by atoms with van der Waals surface area (Å²) in [5, 5.41) is 31.7. The van der Waals surface area contributed by atoms with Gasteiger partial charge in [0.15, 0.2) is 0 Å². The molecule has 11 nitrogen and oxygen atoms in total. The number of aliphatic carboxylic acids is 1. The Labute approximate surface area is 245 Å². The van der Waals surface area contributed by atoms with E-state index in [0.29, 0.717) is 34.7 Å². The number of hydrogen-bond donors (Lipinski definition) is 4. The van der Waals surface area contributed by atoms with Crippen LogP contribution in [0, 0.1) is 11.3 Å². The lowest BCUT2D eigenvalue weighted by molar-refractivity contribution is -0.192. The van der Waals surface area contributed by atoms with Crippen LogP contribution >= 0.6 is 0 Å². The summed E-state index contributed by atoms with van der Waals surface area (Å²) in [6.45, 7) is 3.65. The van der Waals surface area contributed by atoms with Gasteiger partial charge in [-0.25, -0.2) is 9.59 Å². The molecule has 0 aromatic heterocycles. The van der Waals surface area contributed by atoms with Crippen molar-refractivity contribution in [3.05, 3.63) is 77.0 Å². The standard InChI is InChI=1S/C27H29N5O4.C2HF3O2/c1-4-36-27(34)32(3)24(15-19-11-14-23(31-35)25(29)17(19)2)26(33)30-21-12-9-18(10-13-21)22-8-6-5-7-20(22)16-28;3-2(4,5)1(6)7/h5-13,24,35H,4,14-15,29H2,1-3H3,(H,30,33);(H,6,7)/t24-;/m0./s1. The molecular formula is C29H30F3N5O6. The van der Waals surface area contributed by atoms with E-state index in [9.17, 15) is 28.0 Å². The van der Waals surface area contributed by atoms with Crippen molar-refractivity contribution in [2.75, 3.05) is 19.0 Å². The average Bonchev–Trinajstić information content (AvgIpc) is 2.98. The molecule has 0 radical (unpaired) electrons. The number of carbonyl (C=O) groups is 3.